The minimum Gasteiger partial charge on any atom is -0.296 e. The highest BCUT2D eigenvalue weighted by Gasteiger charge is 1.84. The van der Waals surface area contributed by atoms with Crippen molar-refractivity contribution in [2.24, 2.45) is 0 Å². The normalized spacial score (nSPS) is 9.12. The first-order valence-corrected chi connectivity index (χ1v) is 1.99. The van der Waals surface area contributed by atoms with E-state index in [1.807, 2.05) is 4.98 Å². The zero-order chi connectivity index (χ0) is 5.98. The lowest BCUT2D eigenvalue weighted by Crippen LogP contribution is -2.05. The Labute approximate surface area is 44.2 Å². The van der Waals surface area contributed by atoms with Crippen LogP contribution in [-0.2, 0) is 0 Å². The molecule has 8 heavy (non-hydrogen) atoms. The van der Waals surface area contributed by atoms with Crippen molar-refractivity contribution in [1.82, 2.24) is 9.97 Å². The van der Waals surface area contributed by atoms with Crippen LogP contribution in [0, 0.1) is 5.95 Å². The second-order valence-electron chi connectivity index (χ2n) is 1.24. The Bertz CT molecular complexity index is 231. The van der Waals surface area contributed by atoms with Gasteiger partial charge in [-0.2, -0.15) is 4.39 Å². The summed E-state index contributed by atoms with van der Waals surface area (Å²) in [4.78, 5) is 15.3. The molecule has 0 aliphatic heterocycles. The van der Waals surface area contributed by atoms with Crippen LogP contribution in [0.2, 0.25) is 0 Å². The molecule has 1 aromatic rings. The van der Waals surface area contributed by atoms with E-state index >= 15 is 0 Å². The molecule has 1 rings (SSSR count). The molecular weight excluding hydrogens is 111 g/mol. The van der Waals surface area contributed by atoms with Gasteiger partial charge in [-0.15, -0.1) is 0 Å². The van der Waals surface area contributed by atoms with Crippen molar-refractivity contribution in [3.63, 3.8) is 0 Å². The molecule has 0 aromatic carbocycles. The molecule has 0 amide bonds. The third-order valence-electron chi connectivity index (χ3n) is 0.622. The molecule has 4 heteroatoms. The van der Waals surface area contributed by atoms with Crippen molar-refractivity contribution in [3.05, 3.63) is 28.7 Å². The van der Waals surface area contributed by atoms with Crippen molar-refractivity contribution in [3.8, 4) is 0 Å². The summed E-state index contributed by atoms with van der Waals surface area (Å²) in [5, 5.41) is 0. The van der Waals surface area contributed by atoms with E-state index in [4.69, 9.17) is 0 Å². The first-order valence-electron chi connectivity index (χ1n) is 1.99. The van der Waals surface area contributed by atoms with Crippen molar-refractivity contribution in [2.45, 2.75) is 0 Å². The second kappa shape index (κ2) is 1.73. The third kappa shape index (κ3) is 0.900. The Hall–Kier alpha value is -1.19. The zero-order valence-electron chi connectivity index (χ0n) is 3.89. The van der Waals surface area contributed by atoms with E-state index in [1.54, 1.807) is 0 Å². The van der Waals surface area contributed by atoms with E-state index in [0.717, 1.165) is 12.4 Å². The van der Waals surface area contributed by atoms with Gasteiger partial charge in [0.05, 0.1) is 12.4 Å². The molecule has 0 radical (unpaired) electrons. The predicted molar refractivity (Wildman–Crippen MR) is 24.8 cm³/mol. The molecule has 0 aliphatic rings. The van der Waals surface area contributed by atoms with Crippen LogP contribution >= 0.6 is 0 Å². The number of rotatable bonds is 0. The summed E-state index contributed by atoms with van der Waals surface area (Å²) in [6.45, 7) is 0. The Morgan fingerprint density at radius 2 is 2.38 bits per heavy atom. The van der Waals surface area contributed by atoms with Crippen LogP contribution in [0.25, 0.3) is 0 Å². The lowest BCUT2D eigenvalue weighted by molar-refractivity contribution is 0.572. The maximum Gasteiger partial charge on any atom is 0.268 e. The summed E-state index contributed by atoms with van der Waals surface area (Å²) >= 11 is 0. The molecule has 0 spiro atoms. The fourth-order valence-corrected chi connectivity index (χ4v) is 0.353. The first-order chi connectivity index (χ1) is 3.79. The van der Waals surface area contributed by atoms with Crippen molar-refractivity contribution < 1.29 is 4.39 Å². The molecule has 0 aliphatic carbocycles. The quantitative estimate of drug-likeness (QED) is 0.512. The lowest BCUT2D eigenvalue weighted by atomic mass is 10.7. The number of hydrogen-bond acceptors (Lipinski definition) is 2. The van der Waals surface area contributed by atoms with Gasteiger partial charge in [-0.05, 0) is 0 Å². The van der Waals surface area contributed by atoms with Gasteiger partial charge in [-0.25, -0.2) is 0 Å². The van der Waals surface area contributed by atoms with Crippen LogP contribution in [0.1, 0.15) is 0 Å². The molecular formula is C4H3FN2O. The Balaban J connectivity index is 3.28. The van der Waals surface area contributed by atoms with Gasteiger partial charge in [0.15, 0.2) is 0 Å². The summed E-state index contributed by atoms with van der Waals surface area (Å²) in [6, 6.07) is 0. The summed E-state index contributed by atoms with van der Waals surface area (Å²) in [6.07, 6.45) is 1.94. The largest absolute Gasteiger partial charge is 0.296 e. The van der Waals surface area contributed by atoms with E-state index in [1.165, 1.54) is 0 Å². The number of nitrogens with one attached hydrogen (secondary N) is 1. The molecule has 0 saturated carbocycles. The van der Waals surface area contributed by atoms with Crippen LogP contribution in [0.4, 0.5) is 4.39 Å². The summed E-state index contributed by atoms with van der Waals surface area (Å²) in [5.41, 5.74) is -0.523. The second-order valence-corrected chi connectivity index (χ2v) is 1.24. The lowest BCUT2D eigenvalue weighted by Gasteiger charge is -1.80. The van der Waals surface area contributed by atoms with Crippen LogP contribution in [0.3, 0.4) is 0 Å². The number of H-pyrrole nitrogens is 1. The zero-order valence-corrected chi connectivity index (χ0v) is 3.89. The molecule has 0 saturated heterocycles. The van der Waals surface area contributed by atoms with Crippen LogP contribution < -0.4 is 5.56 Å². The Morgan fingerprint density at radius 3 is 2.75 bits per heavy atom. The SMILES string of the molecule is O=c1cncc(F)[nH]1. The topological polar surface area (TPSA) is 45.8 Å². The number of aromatic nitrogens is 2. The standard InChI is InChI=1S/C4H3FN2O/c5-3-1-6-2-4(8)7-3/h1-2H,(H,7,8). The van der Waals surface area contributed by atoms with Gasteiger partial charge < -0.3 is 0 Å². The predicted octanol–water partition coefficient (Wildman–Crippen LogP) is -0.0910. The number of halogens is 1. The number of hydrogen-bond donors (Lipinski definition) is 1. The highest BCUT2D eigenvalue weighted by molar-refractivity contribution is 4.76. The molecule has 3 nitrogen and oxygen atoms in total. The summed E-state index contributed by atoms with van der Waals surface area (Å²) in [5.74, 6) is -0.711. The maximum atomic E-state index is 11.8. The van der Waals surface area contributed by atoms with Gasteiger partial charge in [0, 0.05) is 0 Å². The Kier molecular flexibility index (Phi) is 1.07. The van der Waals surface area contributed by atoms with Crippen LogP contribution in [0.15, 0.2) is 17.2 Å². The van der Waals surface area contributed by atoms with Crippen LogP contribution in [-0.4, -0.2) is 9.97 Å². The van der Waals surface area contributed by atoms with E-state index in [2.05, 4.69) is 4.98 Å². The third-order valence-corrected chi connectivity index (χ3v) is 0.622. The highest BCUT2D eigenvalue weighted by Crippen LogP contribution is 1.77. The summed E-state index contributed by atoms with van der Waals surface area (Å²) < 4.78 is 11.8. The fourth-order valence-electron chi connectivity index (χ4n) is 0.353. The summed E-state index contributed by atoms with van der Waals surface area (Å²) in [7, 11) is 0. The molecule has 0 fully saturated rings. The monoisotopic (exact) mass is 114 g/mol. The van der Waals surface area contributed by atoms with Gasteiger partial charge in [0.25, 0.3) is 5.56 Å². The van der Waals surface area contributed by atoms with Crippen LogP contribution in [0.5, 0.6) is 0 Å². The Morgan fingerprint density at radius 1 is 1.62 bits per heavy atom. The molecule has 42 valence electrons. The average Bonchev–Trinajstić information content (AvgIpc) is 1.64. The number of nitrogens with zero attached hydrogens (tertiary/aromatic N) is 1. The van der Waals surface area contributed by atoms with Crippen molar-refractivity contribution in [2.75, 3.05) is 0 Å². The minimum atomic E-state index is -0.711. The molecule has 0 unspecified atom stereocenters. The van der Waals surface area contributed by atoms with Gasteiger partial charge in [-0.1, -0.05) is 0 Å². The molecule has 0 bridgehead atoms. The smallest absolute Gasteiger partial charge is 0.268 e. The van der Waals surface area contributed by atoms with Crippen molar-refractivity contribution >= 4 is 0 Å². The van der Waals surface area contributed by atoms with Crippen molar-refractivity contribution in [1.29, 1.82) is 0 Å². The maximum absolute atomic E-state index is 11.8. The first kappa shape index (κ1) is 4.96. The minimum absolute atomic E-state index is 0.523. The van der Waals surface area contributed by atoms with E-state index in [-0.39, 0.29) is 0 Å². The molecule has 1 heterocycles. The number of aromatic amines is 1. The van der Waals surface area contributed by atoms with Gasteiger partial charge >= 0.3 is 0 Å². The molecule has 1 N–H and O–H groups in total. The van der Waals surface area contributed by atoms with Gasteiger partial charge in [-0.3, -0.25) is 14.8 Å². The molecule has 0 atom stereocenters. The molecule has 1 aromatic heterocycles. The average molecular weight is 114 g/mol. The fraction of sp³-hybridized carbons (Fsp3) is 0. The van der Waals surface area contributed by atoms with Gasteiger partial charge in [0.1, 0.15) is 0 Å². The van der Waals surface area contributed by atoms with Gasteiger partial charge in [0.2, 0.25) is 5.95 Å². The van der Waals surface area contributed by atoms with E-state index in [0.29, 0.717) is 0 Å². The highest BCUT2D eigenvalue weighted by atomic mass is 19.1. The van der Waals surface area contributed by atoms with E-state index in [9.17, 15) is 9.18 Å². The van der Waals surface area contributed by atoms with E-state index < -0.39 is 11.5 Å².